The Morgan fingerprint density at radius 1 is 1.23 bits per heavy atom. The van der Waals surface area contributed by atoms with Gasteiger partial charge in [-0.05, 0) is 38.1 Å². The SMILES string of the molecule is CC1CCCCC1OCCCCN. The van der Waals surface area contributed by atoms with Gasteiger partial charge in [0.1, 0.15) is 0 Å². The first-order chi connectivity index (χ1) is 6.34. The minimum atomic E-state index is 0.534. The molecule has 1 rings (SSSR count). The molecule has 1 aliphatic rings. The molecule has 0 bridgehead atoms. The topological polar surface area (TPSA) is 35.2 Å². The standard InChI is InChI=1S/C11H23NO/c1-10-6-2-3-7-11(10)13-9-5-4-8-12/h10-11H,2-9,12H2,1H3. The van der Waals surface area contributed by atoms with E-state index in [1.54, 1.807) is 0 Å². The Morgan fingerprint density at radius 2 is 2.00 bits per heavy atom. The first kappa shape index (κ1) is 11.0. The summed E-state index contributed by atoms with van der Waals surface area (Å²) in [6.45, 7) is 4.02. The average Bonchev–Trinajstić information content (AvgIpc) is 2.15. The lowest BCUT2D eigenvalue weighted by Crippen LogP contribution is -2.26. The summed E-state index contributed by atoms with van der Waals surface area (Å²) in [5.41, 5.74) is 5.42. The summed E-state index contributed by atoms with van der Waals surface area (Å²) in [7, 11) is 0. The second-order valence-electron chi connectivity index (χ2n) is 4.17. The predicted molar refractivity (Wildman–Crippen MR) is 55.7 cm³/mol. The molecular formula is C11H23NO. The van der Waals surface area contributed by atoms with E-state index in [-0.39, 0.29) is 0 Å². The third kappa shape index (κ3) is 4.10. The van der Waals surface area contributed by atoms with Gasteiger partial charge in [-0.1, -0.05) is 19.8 Å². The number of unbranched alkanes of at least 4 members (excludes halogenated alkanes) is 1. The van der Waals surface area contributed by atoms with Gasteiger partial charge < -0.3 is 10.5 Å². The molecule has 2 N–H and O–H groups in total. The largest absolute Gasteiger partial charge is 0.378 e. The van der Waals surface area contributed by atoms with Gasteiger partial charge in [0.2, 0.25) is 0 Å². The quantitative estimate of drug-likeness (QED) is 0.667. The minimum absolute atomic E-state index is 0.534. The molecule has 0 spiro atoms. The Bertz CT molecular complexity index is 127. The van der Waals surface area contributed by atoms with Gasteiger partial charge in [-0.2, -0.15) is 0 Å². The van der Waals surface area contributed by atoms with Crippen LogP contribution in [0.15, 0.2) is 0 Å². The van der Waals surface area contributed by atoms with E-state index < -0.39 is 0 Å². The third-order valence-corrected chi connectivity index (χ3v) is 2.96. The van der Waals surface area contributed by atoms with E-state index in [0.717, 1.165) is 31.9 Å². The van der Waals surface area contributed by atoms with Crippen molar-refractivity contribution in [2.45, 2.75) is 51.6 Å². The second kappa shape index (κ2) is 6.39. The van der Waals surface area contributed by atoms with Crippen LogP contribution >= 0.6 is 0 Å². The number of hydrogen-bond donors (Lipinski definition) is 1. The summed E-state index contributed by atoms with van der Waals surface area (Å²) in [6, 6.07) is 0. The van der Waals surface area contributed by atoms with Gasteiger partial charge in [0, 0.05) is 6.61 Å². The molecule has 0 aromatic carbocycles. The Morgan fingerprint density at radius 3 is 2.69 bits per heavy atom. The highest BCUT2D eigenvalue weighted by Crippen LogP contribution is 2.26. The molecule has 78 valence electrons. The molecule has 2 unspecified atom stereocenters. The first-order valence-electron chi connectivity index (χ1n) is 5.66. The van der Waals surface area contributed by atoms with Crippen molar-refractivity contribution in [2.24, 2.45) is 11.7 Å². The van der Waals surface area contributed by atoms with Gasteiger partial charge in [0.05, 0.1) is 6.10 Å². The monoisotopic (exact) mass is 185 g/mol. The number of rotatable bonds is 5. The number of hydrogen-bond acceptors (Lipinski definition) is 2. The Kier molecular flexibility index (Phi) is 5.40. The van der Waals surface area contributed by atoms with Crippen LogP contribution in [-0.2, 0) is 4.74 Å². The van der Waals surface area contributed by atoms with Gasteiger partial charge in [-0.25, -0.2) is 0 Å². The summed E-state index contributed by atoms with van der Waals surface area (Å²) in [4.78, 5) is 0. The molecule has 1 aliphatic carbocycles. The average molecular weight is 185 g/mol. The lowest BCUT2D eigenvalue weighted by Gasteiger charge is -2.28. The van der Waals surface area contributed by atoms with Crippen molar-refractivity contribution in [3.63, 3.8) is 0 Å². The molecule has 1 fully saturated rings. The summed E-state index contributed by atoms with van der Waals surface area (Å²) < 4.78 is 5.84. The molecule has 0 radical (unpaired) electrons. The lowest BCUT2D eigenvalue weighted by atomic mass is 9.88. The van der Waals surface area contributed by atoms with E-state index in [1.165, 1.54) is 25.7 Å². The van der Waals surface area contributed by atoms with Crippen LogP contribution in [0.4, 0.5) is 0 Å². The van der Waals surface area contributed by atoms with Crippen molar-refractivity contribution < 1.29 is 4.74 Å². The van der Waals surface area contributed by atoms with Crippen LogP contribution in [0.3, 0.4) is 0 Å². The van der Waals surface area contributed by atoms with Crippen LogP contribution in [0.5, 0.6) is 0 Å². The molecule has 0 amide bonds. The smallest absolute Gasteiger partial charge is 0.0600 e. The molecule has 0 aromatic heterocycles. The zero-order valence-corrected chi connectivity index (χ0v) is 8.80. The highest BCUT2D eigenvalue weighted by atomic mass is 16.5. The van der Waals surface area contributed by atoms with Crippen LogP contribution in [0.1, 0.15) is 45.4 Å². The molecule has 0 aromatic rings. The Balaban J connectivity index is 2.05. The molecule has 2 heteroatoms. The van der Waals surface area contributed by atoms with Gasteiger partial charge in [0.25, 0.3) is 0 Å². The van der Waals surface area contributed by atoms with Crippen LogP contribution in [-0.4, -0.2) is 19.3 Å². The van der Waals surface area contributed by atoms with E-state index in [0.29, 0.717) is 6.10 Å². The van der Waals surface area contributed by atoms with E-state index >= 15 is 0 Å². The normalized spacial score (nSPS) is 29.1. The van der Waals surface area contributed by atoms with Crippen LogP contribution in [0.25, 0.3) is 0 Å². The molecule has 13 heavy (non-hydrogen) atoms. The van der Waals surface area contributed by atoms with Crippen molar-refractivity contribution in [3.05, 3.63) is 0 Å². The fraction of sp³-hybridized carbons (Fsp3) is 1.00. The fourth-order valence-electron chi connectivity index (χ4n) is 2.01. The first-order valence-corrected chi connectivity index (χ1v) is 5.66. The Hall–Kier alpha value is -0.0800. The molecular weight excluding hydrogens is 162 g/mol. The van der Waals surface area contributed by atoms with Gasteiger partial charge >= 0.3 is 0 Å². The van der Waals surface area contributed by atoms with Crippen LogP contribution in [0, 0.1) is 5.92 Å². The van der Waals surface area contributed by atoms with Gasteiger partial charge in [0.15, 0.2) is 0 Å². The molecule has 2 nitrogen and oxygen atoms in total. The second-order valence-corrected chi connectivity index (χ2v) is 4.17. The maximum Gasteiger partial charge on any atom is 0.0600 e. The molecule has 0 saturated heterocycles. The molecule has 1 saturated carbocycles. The van der Waals surface area contributed by atoms with E-state index in [9.17, 15) is 0 Å². The number of nitrogens with two attached hydrogens (primary N) is 1. The van der Waals surface area contributed by atoms with Crippen molar-refractivity contribution in [2.75, 3.05) is 13.2 Å². The van der Waals surface area contributed by atoms with E-state index in [1.807, 2.05) is 0 Å². The molecule has 0 heterocycles. The van der Waals surface area contributed by atoms with Crippen molar-refractivity contribution >= 4 is 0 Å². The summed E-state index contributed by atoms with van der Waals surface area (Å²) in [6.07, 6.45) is 8.12. The third-order valence-electron chi connectivity index (χ3n) is 2.96. The summed E-state index contributed by atoms with van der Waals surface area (Å²) in [5, 5.41) is 0. The van der Waals surface area contributed by atoms with Crippen molar-refractivity contribution in [3.8, 4) is 0 Å². The molecule has 0 aliphatic heterocycles. The van der Waals surface area contributed by atoms with Gasteiger partial charge in [-0.3, -0.25) is 0 Å². The Labute approximate surface area is 81.8 Å². The number of ether oxygens (including phenoxy) is 1. The fourth-order valence-corrected chi connectivity index (χ4v) is 2.01. The summed E-state index contributed by atoms with van der Waals surface area (Å²) in [5.74, 6) is 0.770. The molecule has 2 atom stereocenters. The maximum absolute atomic E-state index is 5.84. The highest BCUT2D eigenvalue weighted by Gasteiger charge is 2.21. The minimum Gasteiger partial charge on any atom is -0.378 e. The highest BCUT2D eigenvalue weighted by molar-refractivity contribution is 4.72. The van der Waals surface area contributed by atoms with Gasteiger partial charge in [-0.15, -0.1) is 0 Å². The predicted octanol–water partition coefficient (Wildman–Crippen LogP) is 2.32. The zero-order chi connectivity index (χ0) is 9.52. The zero-order valence-electron chi connectivity index (χ0n) is 8.80. The summed E-state index contributed by atoms with van der Waals surface area (Å²) >= 11 is 0. The van der Waals surface area contributed by atoms with Crippen LogP contribution in [0.2, 0.25) is 0 Å². The van der Waals surface area contributed by atoms with Crippen LogP contribution < -0.4 is 5.73 Å². The van der Waals surface area contributed by atoms with E-state index in [2.05, 4.69) is 6.92 Å². The van der Waals surface area contributed by atoms with E-state index in [4.69, 9.17) is 10.5 Å². The van der Waals surface area contributed by atoms with Crippen molar-refractivity contribution in [1.29, 1.82) is 0 Å². The maximum atomic E-state index is 5.84. The van der Waals surface area contributed by atoms with Crippen molar-refractivity contribution in [1.82, 2.24) is 0 Å². The lowest BCUT2D eigenvalue weighted by molar-refractivity contribution is -0.00622.